The molecule has 1 unspecified atom stereocenters. The Hall–Kier alpha value is -0.830. The van der Waals surface area contributed by atoms with Crippen molar-refractivity contribution in [3.63, 3.8) is 0 Å². The zero-order chi connectivity index (χ0) is 10.8. The molecule has 1 rings (SSSR count). The Morgan fingerprint density at radius 3 is 2.64 bits per heavy atom. The summed E-state index contributed by atoms with van der Waals surface area (Å²) in [7, 11) is 0. The molecule has 0 aliphatic carbocycles. The van der Waals surface area contributed by atoms with E-state index in [0.29, 0.717) is 18.1 Å². The van der Waals surface area contributed by atoms with E-state index in [2.05, 4.69) is 6.58 Å². The molecule has 0 amide bonds. The second kappa shape index (κ2) is 4.13. The fourth-order valence-electron chi connectivity index (χ4n) is 1.49. The van der Waals surface area contributed by atoms with E-state index in [1.165, 1.54) is 0 Å². The predicted octanol–water partition coefficient (Wildman–Crippen LogP) is 1.92. The number of hydrogen-bond donors (Lipinski definition) is 0. The summed E-state index contributed by atoms with van der Waals surface area (Å²) < 4.78 is 10.6. The second-order valence-electron chi connectivity index (χ2n) is 4.33. The number of hydrogen-bond acceptors (Lipinski definition) is 3. The highest BCUT2D eigenvalue weighted by Gasteiger charge is 2.35. The summed E-state index contributed by atoms with van der Waals surface area (Å²) >= 11 is 0. The number of carbonyl (C=O) groups is 1. The largest absolute Gasteiger partial charge is 0.456 e. The van der Waals surface area contributed by atoms with Gasteiger partial charge in [0.05, 0.1) is 6.61 Å². The molecule has 0 aromatic carbocycles. The molecular formula is C11H18O3. The quantitative estimate of drug-likeness (QED) is 0.513. The molecule has 0 aromatic rings. The zero-order valence-electron chi connectivity index (χ0n) is 9.13. The van der Waals surface area contributed by atoms with E-state index in [1.807, 2.05) is 13.8 Å². The zero-order valence-corrected chi connectivity index (χ0v) is 9.13. The van der Waals surface area contributed by atoms with Crippen LogP contribution in [0.3, 0.4) is 0 Å². The molecule has 3 nitrogen and oxygen atoms in total. The number of ether oxygens (including phenoxy) is 2. The third-order valence-electron chi connectivity index (χ3n) is 2.62. The molecule has 0 bridgehead atoms. The van der Waals surface area contributed by atoms with E-state index in [0.717, 1.165) is 13.0 Å². The van der Waals surface area contributed by atoms with Crippen molar-refractivity contribution in [1.82, 2.24) is 0 Å². The van der Waals surface area contributed by atoms with Crippen molar-refractivity contribution in [2.24, 2.45) is 5.92 Å². The molecule has 1 aliphatic heterocycles. The van der Waals surface area contributed by atoms with Gasteiger partial charge in [-0.05, 0) is 27.2 Å². The Morgan fingerprint density at radius 2 is 2.21 bits per heavy atom. The van der Waals surface area contributed by atoms with Crippen molar-refractivity contribution < 1.29 is 14.3 Å². The normalized spacial score (nSPS) is 22.1. The Bertz CT molecular complexity index is 237. The van der Waals surface area contributed by atoms with Crippen molar-refractivity contribution in [3.05, 3.63) is 12.2 Å². The van der Waals surface area contributed by atoms with Gasteiger partial charge in [-0.3, -0.25) is 0 Å². The van der Waals surface area contributed by atoms with Crippen LogP contribution < -0.4 is 0 Å². The third-order valence-corrected chi connectivity index (χ3v) is 2.62. The fourth-order valence-corrected chi connectivity index (χ4v) is 1.49. The Labute approximate surface area is 85.1 Å². The maximum absolute atomic E-state index is 11.4. The van der Waals surface area contributed by atoms with Crippen LogP contribution in [-0.2, 0) is 14.3 Å². The lowest BCUT2D eigenvalue weighted by molar-refractivity contribution is -0.156. The van der Waals surface area contributed by atoms with Gasteiger partial charge in [0.1, 0.15) is 5.60 Å². The van der Waals surface area contributed by atoms with Gasteiger partial charge in [-0.1, -0.05) is 6.58 Å². The molecule has 3 heteroatoms. The van der Waals surface area contributed by atoms with E-state index in [1.54, 1.807) is 6.92 Å². The van der Waals surface area contributed by atoms with Gasteiger partial charge in [-0.25, -0.2) is 4.79 Å². The van der Waals surface area contributed by atoms with Gasteiger partial charge in [-0.15, -0.1) is 0 Å². The first-order valence-corrected chi connectivity index (χ1v) is 4.90. The maximum atomic E-state index is 11.4. The summed E-state index contributed by atoms with van der Waals surface area (Å²) in [5.74, 6) is -0.0206. The predicted molar refractivity (Wildman–Crippen MR) is 53.9 cm³/mol. The maximum Gasteiger partial charge on any atom is 0.333 e. The number of rotatable bonds is 3. The van der Waals surface area contributed by atoms with Crippen LogP contribution in [0.5, 0.6) is 0 Å². The van der Waals surface area contributed by atoms with Gasteiger partial charge in [-0.2, -0.15) is 0 Å². The van der Waals surface area contributed by atoms with E-state index < -0.39 is 5.60 Å². The van der Waals surface area contributed by atoms with Crippen LogP contribution in [-0.4, -0.2) is 24.8 Å². The first-order chi connectivity index (χ1) is 6.43. The van der Waals surface area contributed by atoms with Crippen molar-refractivity contribution >= 4 is 5.97 Å². The minimum Gasteiger partial charge on any atom is -0.456 e. The van der Waals surface area contributed by atoms with Crippen LogP contribution in [0.4, 0.5) is 0 Å². The minimum atomic E-state index is -0.452. The SMILES string of the molecule is C=C(C)C(=O)OC(C)(C)C1CCOC1. The molecule has 0 radical (unpaired) electrons. The molecular weight excluding hydrogens is 180 g/mol. The smallest absolute Gasteiger partial charge is 0.333 e. The molecule has 0 N–H and O–H groups in total. The first-order valence-electron chi connectivity index (χ1n) is 4.90. The summed E-state index contributed by atoms with van der Waals surface area (Å²) in [6.07, 6.45) is 0.955. The molecule has 1 aliphatic rings. The Balaban J connectivity index is 2.56. The highest BCUT2D eigenvalue weighted by Crippen LogP contribution is 2.29. The van der Waals surface area contributed by atoms with Crippen molar-refractivity contribution in [1.29, 1.82) is 0 Å². The van der Waals surface area contributed by atoms with Crippen LogP contribution in [0.1, 0.15) is 27.2 Å². The van der Waals surface area contributed by atoms with Crippen molar-refractivity contribution in [3.8, 4) is 0 Å². The fraction of sp³-hybridized carbons (Fsp3) is 0.727. The average molecular weight is 198 g/mol. The summed E-state index contributed by atoms with van der Waals surface area (Å²) in [6.45, 7) is 10.5. The van der Waals surface area contributed by atoms with Gasteiger partial charge in [0, 0.05) is 18.1 Å². The molecule has 14 heavy (non-hydrogen) atoms. The third kappa shape index (κ3) is 2.58. The summed E-state index contributed by atoms with van der Waals surface area (Å²) in [4.78, 5) is 11.4. The average Bonchev–Trinajstić information content (AvgIpc) is 2.54. The lowest BCUT2D eigenvalue weighted by atomic mass is 9.90. The van der Waals surface area contributed by atoms with E-state index in [-0.39, 0.29) is 5.97 Å². The van der Waals surface area contributed by atoms with Crippen molar-refractivity contribution in [2.45, 2.75) is 32.8 Å². The van der Waals surface area contributed by atoms with E-state index in [4.69, 9.17) is 9.47 Å². The van der Waals surface area contributed by atoms with Gasteiger partial charge < -0.3 is 9.47 Å². The molecule has 1 atom stereocenters. The lowest BCUT2D eigenvalue weighted by Gasteiger charge is -2.30. The lowest BCUT2D eigenvalue weighted by Crippen LogP contribution is -2.37. The van der Waals surface area contributed by atoms with Crippen LogP contribution in [0.15, 0.2) is 12.2 Å². The van der Waals surface area contributed by atoms with Gasteiger partial charge >= 0.3 is 5.97 Å². The van der Waals surface area contributed by atoms with Crippen LogP contribution in [0, 0.1) is 5.92 Å². The minimum absolute atomic E-state index is 0.297. The monoisotopic (exact) mass is 198 g/mol. The molecule has 0 aromatic heterocycles. The van der Waals surface area contributed by atoms with E-state index in [9.17, 15) is 4.79 Å². The Morgan fingerprint density at radius 1 is 1.57 bits per heavy atom. The molecule has 1 fully saturated rings. The highest BCUT2D eigenvalue weighted by molar-refractivity contribution is 5.87. The summed E-state index contributed by atoms with van der Waals surface area (Å²) in [6, 6.07) is 0. The van der Waals surface area contributed by atoms with Crippen molar-refractivity contribution in [2.75, 3.05) is 13.2 Å². The van der Waals surface area contributed by atoms with Crippen LogP contribution in [0.2, 0.25) is 0 Å². The molecule has 1 saturated heterocycles. The second-order valence-corrected chi connectivity index (χ2v) is 4.33. The Kier molecular flexibility index (Phi) is 3.32. The highest BCUT2D eigenvalue weighted by atomic mass is 16.6. The van der Waals surface area contributed by atoms with Gasteiger partial charge in [0.2, 0.25) is 0 Å². The number of carbonyl (C=O) groups excluding carboxylic acids is 1. The van der Waals surface area contributed by atoms with Crippen LogP contribution >= 0.6 is 0 Å². The van der Waals surface area contributed by atoms with E-state index >= 15 is 0 Å². The van der Waals surface area contributed by atoms with Gasteiger partial charge in [0.25, 0.3) is 0 Å². The summed E-state index contributed by atoms with van der Waals surface area (Å²) in [5, 5.41) is 0. The first kappa shape index (κ1) is 11.2. The van der Waals surface area contributed by atoms with Crippen LogP contribution in [0.25, 0.3) is 0 Å². The molecule has 0 spiro atoms. The molecule has 0 saturated carbocycles. The van der Waals surface area contributed by atoms with Gasteiger partial charge in [0.15, 0.2) is 0 Å². The number of esters is 1. The standard InChI is InChI=1S/C11H18O3/c1-8(2)10(12)14-11(3,4)9-5-6-13-7-9/h9H,1,5-7H2,2-4H3. The summed E-state index contributed by atoms with van der Waals surface area (Å²) in [5.41, 5.74) is -0.0102. The molecule has 1 heterocycles. The topological polar surface area (TPSA) is 35.5 Å². The molecule has 80 valence electrons.